The summed E-state index contributed by atoms with van der Waals surface area (Å²) in [7, 11) is 0. The van der Waals surface area contributed by atoms with Crippen LogP contribution in [0.25, 0.3) is 0 Å². The average Bonchev–Trinajstić information content (AvgIpc) is 2.42. The highest BCUT2D eigenvalue weighted by molar-refractivity contribution is 5.76. The summed E-state index contributed by atoms with van der Waals surface area (Å²) in [5.74, 6) is -0.276. The lowest BCUT2D eigenvalue weighted by Crippen LogP contribution is -2.39. The van der Waals surface area contributed by atoms with Gasteiger partial charge in [-0.3, -0.25) is 24.3 Å². The number of rotatable bonds is 4. The standard InChI is InChI=1S/C14H19N3O4/c1-10-7-14(19)16(8-12(10)17(20)21)9-13(18)15-11-5-3-2-4-6-11/h7-8,11H,2-6,9H2,1H3,(H,15,18). The fraction of sp³-hybridized carbons (Fsp3) is 0.571. The fourth-order valence-electron chi connectivity index (χ4n) is 2.64. The van der Waals surface area contributed by atoms with Crippen LogP contribution in [0.2, 0.25) is 0 Å². The van der Waals surface area contributed by atoms with Crippen molar-refractivity contribution in [3.05, 3.63) is 38.3 Å². The molecule has 1 amide bonds. The van der Waals surface area contributed by atoms with Crippen molar-refractivity contribution in [1.29, 1.82) is 0 Å². The number of carbonyl (C=O) groups excluding carboxylic acids is 1. The molecule has 0 spiro atoms. The lowest BCUT2D eigenvalue weighted by molar-refractivity contribution is -0.385. The summed E-state index contributed by atoms with van der Waals surface area (Å²) in [4.78, 5) is 34.1. The Bertz CT molecular complexity index is 603. The summed E-state index contributed by atoms with van der Waals surface area (Å²) in [6.45, 7) is 1.32. The Morgan fingerprint density at radius 1 is 1.43 bits per heavy atom. The van der Waals surface area contributed by atoms with Crippen LogP contribution in [0.15, 0.2) is 17.1 Å². The van der Waals surface area contributed by atoms with Crippen molar-refractivity contribution in [2.45, 2.75) is 51.6 Å². The molecule has 1 aliphatic rings. The Balaban J connectivity index is 2.08. The number of carbonyl (C=O) groups is 1. The Morgan fingerprint density at radius 2 is 2.10 bits per heavy atom. The van der Waals surface area contributed by atoms with E-state index in [2.05, 4.69) is 5.32 Å². The van der Waals surface area contributed by atoms with Crippen molar-refractivity contribution in [3.63, 3.8) is 0 Å². The molecule has 114 valence electrons. The molecule has 0 atom stereocenters. The van der Waals surface area contributed by atoms with Crippen LogP contribution in [0, 0.1) is 17.0 Å². The summed E-state index contributed by atoms with van der Waals surface area (Å²) in [6.07, 6.45) is 6.43. The van der Waals surface area contributed by atoms with Crippen LogP contribution in [-0.4, -0.2) is 21.4 Å². The van der Waals surface area contributed by atoms with E-state index in [9.17, 15) is 19.7 Å². The summed E-state index contributed by atoms with van der Waals surface area (Å²) in [5, 5.41) is 13.8. The van der Waals surface area contributed by atoms with E-state index in [-0.39, 0.29) is 24.2 Å². The first kappa shape index (κ1) is 15.2. The summed E-state index contributed by atoms with van der Waals surface area (Å²) < 4.78 is 1.09. The summed E-state index contributed by atoms with van der Waals surface area (Å²) >= 11 is 0. The predicted molar refractivity (Wildman–Crippen MR) is 77.1 cm³/mol. The van der Waals surface area contributed by atoms with Gasteiger partial charge in [-0.05, 0) is 19.8 Å². The Hall–Kier alpha value is -2.18. The molecule has 1 aromatic rings. The van der Waals surface area contributed by atoms with Gasteiger partial charge in [0.15, 0.2) is 0 Å². The van der Waals surface area contributed by atoms with Gasteiger partial charge in [-0.1, -0.05) is 19.3 Å². The van der Waals surface area contributed by atoms with E-state index in [1.165, 1.54) is 19.4 Å². The molecule has 1 fully saturated rings. The highest BCUT2D eigenvalue weighted by Crippen LogP contribution is 2.17. The number of nitro groups is 1. The quantitative estimate of drug-likeness (QED) is 0.672. The molecule has 0 radical (unpaired) electrons. The first-order valence-corrected chi connectivity index (χ1v) is 7.12. The third kappa shape index (κ3) is 3.90. The third-order valence-corrected chi connectivity index (χ3v) is 3.79. The maximum atomic E-state index is 12.0. The van der Waals surface area contributed by atoms with Gasteiger partial charge in [-0.25, -0.2) is 0 Å². The van der Waals surface area contributed by atoms with Gasteiger partial charge in [0.05, 0.1) is 11.1 Å². The van der Waals surface area contributed by atoms with Gasteiger partial charge in [-0.15, -0.1) is 0 Å². The molecule has 0 saturated heterocycles. The van der Waals surface area contributed by atoms with Crippen molar-refractivity contribution in [2.75, 3.05) is 0 Å². The Morgan fingerprint density at radius 3 is 2.71 bits per heavy atom. The molecule has 0 bridgehead atoms. The number of amides is 1. The normalized spacial score (nSPS) is 15.7. The van der Waals surface area contributed by atoms with Crippen molar-refractivity contribution in [2.24, 2.45) is 0 Å². The maximum absolute atomic E-state index is 12.0. The van der Waals surface area contributed by atoms with Crippen LogP contribution in [0.5, 0.6) is 0 Å². The molecule has 1 heterocycles. The van der Waals surface area contributed by atoms with E-state index in [0.717, 1.165) is 36.4 Å². The highest BCUT2D eigenvalue weighted by atomic mass is 16.6. The van der Waals surface area contributed by atoms with E-state index in [0.29, 0.717) is 5.56 Å². The lowest BCUT2D eigenvalue weighted by Gasteiger charge is -2.22. The monoisotopic (exact) mass is 293 g/mol. The van der Waals surface area contributed by atoms with Gasteiger partial charge in [-0.2, -0.15) is 0 Å². The van der Waals surface area contributed by atoms with Gasteiger partial charge < -0.3 is 5.32 Å². The van der Waals surface area contributed by atoms with Crippen LogP contribution < -0.4 is 10.9 Å². The number of pyridine rings is 1. The maximum Gasteiger partial charge on any atom is 0.288 e. The molecule has 2 rings (SSSR count). The minimum atomic E-state index is -0.551. The minimum absolute atomic E-state index is 0.153. The zero-order chi connectivity index (χ0) is 15.4. The van der Waals surface area contributed by atoms with Crippen LogP contribution >= 0.6 is 0 Å². The molecule has 7 heteroatoms. The molecule has 0 unspecified atom stereocenters. The predicted octanol–water partition coefficient (Wildman–Crippen LogP) is 1.51. The zero-order valence-corrected chi connectivity index (χ0v) is 12.0. The largest absolute Gasteiger partial charge is 0.352 e. The second-order valence-electron chi connectivity index (χ2n) is 5.47. The minimum Gasteiger partial charge on any atom is -0.352 e. The molecule has 1 saturated carbocycles. The Kier molecular flexibility index (Phi) is 4.72. The summed E-state index contributed by atoms with van der Waals surface area (Å²) in [5.41, 5.74) is -0.258. The molecule has 21 heavy (non-hydrogen) atoms. The zero-order valence-electron chi connectivity index (χ0n) is 12.0. The van der Waals surface area contributed by atoms with Crippen LogP contribution in [0.4, 0.5) is 5.69 Å². The number of nitrogens with zero attached hydrogens (tertiary/aromatic N) is 2. The van der Waals surface area contributed by atoms with E-state index in [1.807, 2.05) is 0 Å². The van der Waals surface area contributed by atoms with Crippen LogP contribution in [0.1, 0.15) is 37.7 Å². The third-order valence-electron chi connectivity index (χ3n) is 3.79. The first-order chi connectivity index (χ1) is 9.97. The van der Waals surface area contributed by atoms with E-state index in [1.54, 1.807) is 0 Å². The van der Waals surface area contributed by atoms with E-state index < -0.39 is 10.5 Å². The number of hydrogen-bond acceptors (Lipinski definition) is 4. The molecule has 1 aliphatic carbocycles. The van der Waals surface area contributed by atoms with Gasteiger partial charge >= 0.3 is 0 Å². The van der Waals surface area contributed by atoms with Crippen molar-refractivity contribution >= 4 is 11.6 Å². The first-order valence-electron chi connectivity index (χ1n) is 7.12. The molecule has 1 N–H and O–H groups in total. The Labute approximate surface area is 122 Å². The molecule has 1 aromatic heterocycles. The lowest BCUT2D eigenvalue weighted by atomic mass is 9.95. The number of hydrogen-bond donors (Lipinski definition) is 1. The number of nitrogens with one attached hydrogen (secondary N) is 1. The topological polar surface area (TPSA) is 94.2 Å². The highest BCUT2D eigenvalue weighted by Gasteiger charge is 2.18. The van der Waals surface area contributed by atoms with Crippen molar-refractivity contribution in [3.8, 4) is 0 Å². The fourth-order valence-corrected chi connectivity index (χ4v) is 2.64. The van der Waals surface area contributed by atoms with Crippen LogP contribution in [0.3, 0.4) is 0 Å². The molecule has 7 nitrogen and oxygen atoms in total. The molecule has 0 aromatic carbocycles. The van der Waals surface area contributed by atoms with Gasteiger partial charge in [0.1, 0.15) is 6.54 Å². The second-order valence-corrected chi connectivity index (χ2v) is 5.47. The molecular formula is C14H19N3O4. The number of aryl methyl sites for hydroxylation is 1. The van der Waals surface area contributed by atoms with Crippen molar-refractivity contribution in [1.82, 2.24) is 9.88 Å². The smallest absolute Gasteiger partial charge is 0.288 e. The van der Waals surface area contributed by atoms with Crippen molar-refractivity contribution < 1.29 is 9.72 Å². The second kappa shape index (κ2) is 6.51. The SMILES string of the molecule is Cc1cc(=O)n(CC(=O)NC2CCCCC2)cc1[N+](=O)[O-]. The van der Waals surface area contributed by atoms with E-state index >= 15 is 0 Å². The number of aromatic nitrogens is 1. The summed E-state index contributed by atoms with van der Waals surface area (Å²) in [6, 6.07) is 1.34. The average molecular weight is 293 g/mol. The van der Waals surface area contributed by atoms with Gasteiger partial charge in [0.2, 0.25) is 5.91 Å². The van der Waals surface area contributed by atoms with Crippen LogP contribution in [-0.2, 0) is 11.3 Å². The van der Waals surface area contributed by atoms with Gasteiger partial charge in [0.25, 0.3) is 11.2 Å². The molecular weight excluding hydrogens is 274 g/mol. The van der Waals surface area contributed by atoms with Gasteiger partial charge in [0, 0.05) is 17.7 Å². The van der Waals surface area contributed by atoms with E-state index in [4.69, 9.17) is 0 Å². The molecule has 0 aliphatic heterocycles.